The van der Waals surface area contributed by atoms with E-state index in [1.165, 1.54) is 36.3 Å². The number of nitro benzene ring substituents is 1. The molecule has 9 nitrogen and oxygen atoms in total. The Morgan fingerprint density at radius 3 is 2.71 bits per heavy atom. The lowest BCUT2D eigenvalue weighted by molar-refractivity contribution is -0.385. The highest BCUT2D eigenvalue weighted by Crippen LogP contribution is 2.27. The van der Waals surface area contributed by atoms with E-state index in [0.717, 1.165) is 0 Å². The minimum atomic E-state index is -0.548. The number of methoxy groups -OCH3 is 1. The number of aromatic nitrogens is 2. The lowest BCUT2D eigenvalue weighted by atomic mass is 10.2. The highest BCUT2D eigenvalue weighted by molar-refractivity contribution is 6.32. The van der Waals surface area contributed by atoms with Crippen LogP contribution in [-0.4, -0.2) is 28.0 Å². The van der Waals surface area contributed by atoms with Crippen molar-refractivity contribution in [3.05, 3.63) is 85.8 Å². The molecule has 0 saturated heterocycles. The largest absolute Gasteiger partial charge is 0.490 e. The van der Waals surface area contributed by atoms with E-state index in [-0.39, 0.29) is 22.1 Å². The van der Waals surface area contributed by atoms with E-state index in [2.05, 4.69) is 15.6 Å². The van der Waals surface area contributed by atoms with Crippen LogP contribution in [0.25, 0.3) is 5.69 Å². The number of hydrazone groups is 1. The molecule has 0 aliphatic heterocycles. The highest BCUT2D eigenvalue weighted by Gasteiger charge is 2.14. The SMILES string of the molecule is COc1ccc(/C=N\Nc2cnn(-c3ccccc3)c(=O)c2Cl)cc1[N+](=O)[O-]. The van der Waals surface area contributed by atoms with E-state index in [0.29, 0.717) is 11.3 Å². The predicted molar refractivity (Wildman–Crippen MR) is 106 cm³/mol. The average molecular weight is 400 g/mol. The number of benzene rings is 2. The van der Waals surface area contributed by atoms with Crippen LogP contribution in [0.1, 0.15) is 5.56 Å². The molecule has 0 atom stereocenters. The van der Waals surface area contributed by atoms with Crippen molar-refractivity contribution in [1.29, 1.82) is 0 Å². The first-order valence-corrected chi connectivity index (χ1v) is 8.34. The molecule has 0 radical (unpaired) electrons. The van der Waals surface area contributed by atoms with Gasteiger partial charge in [0.25, 0.3) is 5.56 Å². The second-order valence-corrected chi connectivity index (χ2v) is 5.86. The number of hydrogen-bond acceptors (Lipinski definition) is 7. The van der Waals surface area contributed by atoms with E-state index < -0.39 is 10.5 Å². The number of ether oxygens (including phenoxy) is 1. The van der Waals surface area contributed by atoms with Crippen molar-refractivity contribution < 1.29 is 9.66 Å². The van der Waals surface area contributed by atoms with Crippen LogP contribution in [0.4, 0.5) is 11.4 Å². The normalized spacial score (nSPS) is 10.8. The fourth-order valence-corrected chi connectivity index (χ4v) is 2.54. The Labute approximate surface area is 164 Å². The van der Waals surface area contributed by atoms with Gasteiger partial charge in [0.2, 0.25) is 0 Å². The quantitative estimate of drug-likeness (QED) is 0.387. The molecule has 2 aromatic carbocycles. The lowest BCUT2D eigenvalue weighted by Crippen LogP contribution is -2.22. The molecular weight excluding hydrogens is 386 g/mol. The van der Waals surface area contributed by atoms with E-state index >= 15 is 0 Å². The van der Waals surface area contributed by atoms with Crippen molar-refractivity contribution in [3.63, 3.8) is 0 Å². The second-order valence-electron chi connectivity index (χ2n) is 5.48. The molecule has 10 heteroatoms. The molecule has 0 bridgehead atoms. The minimum Gasteiger partial charge on any atom is -0.490 e. The summed E-state index contributed by atoms with van der Waals surface area (Å²) in [6, 6.07) is 13.2. The van der Waals surface area contributed by atoms with E-state index in [4.69, 9.17) is 16.3 Å². The van der Waals surface area contributed by atoms with Crippen molar-refractivity contribution in [1.82, 2.24) is 9.78 Å². The monoisotopic (exact) mass is 399 g/mol. The maximum absolute atomic E-state index is 12.4. The number of para-hydroxylation sites is 1. The number of anilines is 1. The molecular formula is C18H14ClN5O4. The first-order chi connectivity index (χ1) is 13.5. The number of nitrogens with zero attached hydrogens (tertiary/aromatic N) is 4. The average Bonchev–Trinajstić information content (AvgIpc) is 2.71. The van der Waals surface area contributed by atoms with Gasteiger partial charge in [-0.15, -0.1) is 0 Å². The topological polar surface area (TPSA) is 112 Å². The van der Waals surface area contributed by atoms with Crippen LogP contribution in [0.15, 0.2) is 64.6 Å². The summed E-state index contributed by atoms with van der Waals surface area (Å²) in [6.45, 7) is 0. The van der Waals surface area contributed by atoms with Crippen LogP contribution in [0.2, 0.25) is 5.02 Å². The van der Waals surface area contributed by atoms with Crippen molar-refractivity contribution in [2.45, 2.75) is 0 Å². The van der Waals surface area contributed by atoms with Gasteiger partial charge in [-0.25, -0.2) is 0 Å². The number of nitrogens with one attached hydrogen (secondary N) is 1. The molecule has 0 spiro atoms. The van der Waals surface area contributed by atoms with Gasteiger partial charge in [-0.2, -0.15) is 14.9 Å². The third kappa shape index (κ3) is 3.99. The molecule has 1 aromatic heterocycles. The van der Waals surface area contributed by atoms with E-state index in [1.54, 1.807) is 30.3 Å². The lowest BCUT2D eigenvalue weighted by Gasteiger charge is -2.07. The summed E-state index contributed by atoms with van der Waals surface area (Å²) in [7, 11) is 1.35. The molecule has 0 fully saturated rings. The van der Waals surface area contributed by atoms with Crippen LogP contribution in [0.3, 0.4) is 0 Å². The van der Waals surface area contributed by atoms with Crippen LogP contribution in [0, 0.1) is 10.1 Å². The molecule has 1 heterocycles. The molecule has 28 heavy (non-hydrogen) atoms. The number of halogens is 1. The maximum atomic E-state index is 12.4. The molecule has 1 N–H and O–H groups in total. The van der Waals surface area contributed by atoms with Gasteiger partial charge in [0.05, 0.1) is 30.1 Å². The van der Waals surface area contributed by atoms with Crippen molar-refractivity contribution in [3.8, 4) is 11.4 Å². The molecule has 0 unspecified atom stereocenters. The van der Waals surface area contributed by atoms with Gasteiger partial charge in [0.1, 0.15) is 10.7 Å². The van der Waals surface area contributed by atoms with Gasteiger partial charge in [0.15, 0.2) is 5.75 Å². The smallest absolute Gasteiger partial charge is 0.311 e. The van der Waals surface area contributed by atoms with Gasteiger partial charge in [-0.1, -0.05) is 29.8 Å². The molecule has 142 valence electrons. The fraction of sp³-hybridized carbons (Fsp3) is 0.0556. The number of hydrogen-bond donors (Lipinski definition) is 1. The van der Waals surface area contributed by atoms with Gasteiger partial charge in [0, 0.05) is 11.6 Å². The van der Waals surface area contributed by atoms with Gasteiger partial charge in [-0.05, 0) is 24.3 Å². The Balaban J connectivity index is 1.82. The van der Waals surface area contributed by atoms with Gasteiger partial charge < -0.3 is 4.74 Å². The fourth-order valence-electron chi connectivity index (χ4n) is 2.37. The first kappa shape index (κ1) is 19.1. The molecule has 0 saturated carbocycles. The Kier molecular flexibility index (Phi) is 5.66. The highest BCUT2D eigenvalue weighted by atomic mass is 35.5. The van der Waals surface area contributed by atoms with E-state index in [1.807, 2.05) is 6.07 Å². The zero-order valence-electron chi connectivity index (χ0n) is 14.6. The van der Waals surface area contributed by atoms with Gasteiger partial charge in [-0.3, -0.25) is 20.3 Å². The van der Waals surface area contributed by atoms with Crippen molar-refractivity contribution in [2.24, 2.45) is 5.10 Å². The summed E-state index contributed by atoms with van der Waals surface area (Å²) in [5.41, 5.74) is 3.17. The molecule has 3 aromatic rings. The van der Waals surface area contributed by atoms with Crippen LogP contribution < -0.4 is 15.7 Å². The Morgan fingerprint density at radius 1 is 1.29 bits per heavy atom. The minimum absolute atomic E-state index is 0.0864. The number of rotatable bonds is 6. The Hall–Kier alpha value is -3.72. The first-order valence-electron chi connectivity index (χ1n) is 7.96. The standard InChI is InChI=1S/C18H14ClN5O4/c1-28-16-8-7-12(9-15(16)24(26)27)10-20-22-14-11-21-23(18(25)17(14)19)13-5-3-2-4-6-13/h2-11,22H,1H3/b20-10-. The summed E-state index contributed by atoms with van der Waals surface area (Å²) in [4.78, 5) is 22.9. The van der Waals surface area contributed by atoms with Gasteiger partial charge >= 0.3 is 5.69 Å². The van der Waals surface area contributed by atoms with Crippen molar-refractivity contribution in [2.75, 3.05) is 12.5 Å². The number of nitro groups is 1. The zero-order valence-corrected chi connectivity index (χ0v) is 15.3. The second kappa shape index (κ2) is 8.31. The molecule has 0 amide bonds. The van der Waals surface area contributed by atoms with Crippen LogP contribution >= 0.6 is 11.6 Å². The summed E-state index contributed by atoms with van der Waals surface area (Å²) >= 11 is 6.12. The predicted octanol–water partition coefficient (Wildman–Crippen LogP) is 3.25. The van der Waals surface area contributed by atoms with E-state index in [9.17, 15) is 14.9 Å². The molecule has 0 aliphatic rings. The zero-order chi connectivity index (χ0) is 20.1. The molecule has 3 rings (SSSR count). The molecule has 0 aliphatic carbocycles. The third-order valence-electron chi connectivity index (χ3n) is 3.72. The Bertz CT molecular complexity index is 1100. The summed E-state index contributed by atoms with van der Waals surface area (Å²) in [5, 5.41) is 19.0. The van der Waals surface area contributed by atoms with Crippen molar-refractivity contribution >= 4 is 29.2 Å². The third-order valence-corrected chi connectivity index (χ3v) is 4.08. The Morgan fingerprint density at radius 2 is 2.04 bits per heavy atom. The van der Waals surface area contributed by atoms with Crippen LogP contribution in [0.5, 0.6) is 5.75 Å². The summed E-state index contributed by atoms with van der Waals surface area (Å²) < 4.78 is 6.12. The summed E-state index contributed by atoms with van der Waals surface area (Å²) in [6.07, 6.45) is 2.72. The maximum Gasteiger partial charge on any atom is 0.311 e. The van der Waals surface area contributed by atoms with Crippen LogP contribution in [-0.2, 0) is 0 Å². The summed E-state index contributed by atoms with van der Waals surface area (Å²) in [5.74, 6) is 0.145.